The number of amides is 1. The highest BCUT2D eigenvalue weighted by molar-refractivity contribution is 6.00. The molecule has 8 heteroatoms. The van der Waals surface area contributed by atoms with E-state index in [-0.39, 0.29) is 11.6 Å². The van der Waals surface area contributed by atoms with Gasteiger partial charge in [-0.3, -0.25) is 4.79 Å². The minimum atomic E-state index is -4.43. The van der Waals surface area contributed by atoms with Gasteiger partial charge in [0.1, 0.15) is 5.82 Å². The smallest absolute Gasteiger partial charge is 0.355 e. The van der Waals surface area contributed by atoms with Gasteiger partial charge in [0, 0.05) is 38.1 Å². The summed E-state index contributed by atoms with van der Waals surface area (Å²) in [5, 5.41) is 2.97. The highest BCUT2D eigenvalue weighted by Crippen LogP contribution is 2.32. The Labute approximate surface area is 178 Å². The zero-order chi connectivity index (χ0) is 21.8. The van der Waals surface area contributed by atoms with Crippen LogP contribution in [-0.2, 0) is 6.18 Å². The first-order valence-electron chi connectivity index (χ1n) is 9.90. The first kappa shape index (κ1) is 20.7. The molecule has 1 aliphatic rings. The molecule has 5 nitrogen and oxygen atoms in total. The Kier molecular flexibility index (Phi) is 5.79. The van der Waals surface area contributed by atoms with Gasteiger partial charge >= 0.3 is 6.18 Å². The van der Waals surface area contributed by atoms with E-state index >= 15 is 0 Å². The van der Waals surface area contributed by atoms with Gasteiger partial charge in [-0.2, -0.15) is 13.2 Å². The monoisotopic (exact) mass is 426 g/mol. The molecule has 0 bridgehead atoms. The van der Waals surface area contributed by atoms with Crippen molar-refractivity contribution in [1.82, 2.24) is 9.88 Å². The molecule has 1 fully saturated rings. The molecule has 0 radical (unpaired) electrons. The van der Waals surface area contributed by atoms with Crippen LogP contribution >= 0.6 is 0 Å². The number of anilines is 3. The fraction of sp³-hybridized carbons (Fsp3) is 0.217. The zero-order valence-corrected chi connectivity index (χ0v) is 16.6. The summed E-state index contributed by atoms with van der Waals surface area (Å²) in [6.07, 6.45) is -2.69. The molecule has 2 heterocycles. The van der Waals surface area contributed by atoms with Crippen molar-refractivity contribution in [2.24, 2.45) is 0 Å². The summed E-state index contributed by atoms with van der Waals surface area (Å²) in [5.41, 5.74) is 0.423. The maximum absolute atomic E-state index is 13.2. The Balaban J connectivity index is 1.48. The fourth-order valence-electron chi connectivity index (χ4n) is 3.56. The van der Waals surface area contributed by atoms with Crippen LogP contribution < -0.4 is 10.2 Å². The number of para-hydroxylation sites is 1. The van der Waals surface area contributed by atoms with E-state index in [4.69, 9.17) is 0 Å². The van der Waals surface area contributed by atoms with E-state index in [2.05, 4.69) is 15.2 Å². The summed E-state index contributed by atoms with van der Waals surface area (Å²) in [4.78, 5) is 21.4. The lowest BCUT2D eigenvalue weighted by molar-refractivity contribution is -0.137. The van der Waals surface area contributed by atoms with Crippen molar-refractivity contribution in [3.63, 3.8) is 0 Å². The van der Waals surface area contributed by atoms with Gasteiger partial charge in [-0.05, 0) is 42.5 Å². The molecule has 0 atom stereocenters. The number of aromatic nitrogens is 1. The zero-order valence-electron chi connectivity index (χ0n) is 16.6. The summed E-state index contributed by atoms with van der Waals surface area (Å²) in [6.45, 7) is 2.39. The number of nitrogens with one attached hydrogen (secondary N) is 1. The van der Waals surface area contributed by atoms with E-state index in [0.717, 1.165) is 18.0 Å². The predicted molar refractivity (Wildman–Crippen MR) is 114 cm³/mol. The number of benzene rings is 2. The topological polar surface area (TPSA) is 48.5 Å². The van der Waals surface area contributed by atoms with Crippen molar-refractivity contribution in [2.75, 3.05) is 36.4 Å². The van der Waals surface area contributed by atoms with Gasteiger partial charge in [0.25, 0.3) is 5.91 Å². The second-order valence-electron chi connectivity index (χ2n) is 7.22. The summed E-state index contributed by atoms with van der Waals surface area (Å²) in [7, 11) is 0. The van der Waals surface area contributed by atoms with Crippen LogP contribution in [-0.4, -0.2) is 42.0 Å². The standard InChI is InChI=1S/C23H21F3N4O/c24-23(25,26)17-6-5-7-18(16-17)28-20-9-2-1-8-19(20)22(31)30-14-12-29(13-15-30)21-10-3-4-11-27-21/h1-11,16,28H,12-15H2. The van der Waals surface area contributed by atoms with Gasteiger partial charge in [0.15, 0.2) is 0 Å². The lowest BCUT2D eigenvalue weighted by Crippen LogP contribution is -2.49. The number of rotatable bonds is 4. The molecule has 1 N–H and O–H groups in total. The third-order valence-electron chi connectivity index (χ3n) is 5.17. The average molecular weight is 426 g/mol. The summed E-state index contributed by atoms with van der Waals surface area (Å²) in [6, 6.07) is 17.5. The number of pyridine rings is 1. The third-order valence-corrected chi connectivity index (χ3v) is 5.17. The number of alkyl halides is 3. The SMILES string of the molecule is O=C(c1ccccc1Nc1cccc(C(F)(F)F)c1)N1CCN(c2ccccn2)CC1. The third kappa shape index (κ3) is 4.79. The Morgan fingerprint density at radius 2 is 1.65 bits per heavy atom. The predicted octanol–water partition coefficient (Wildman–Crippen LogP) is 4.81. The minimum absolute atomic E-state index is 0.157. The second-order valence-corrected chi connectivity index (χ2v) is 7.22. The van der Waals surface area contributed by atoms with Gasteiger partial charge in [-0.1, -0.05) is 24.3 Å². The van der Waals surface area contributed by atoms with Gasteiger partial charge in [0.2, 0.25) is 0 Å². The Bertz CT molecular complexity index is 1050. The fourth-order valence-corrected chi connectivity index (χ4v) is 3.56. The molecule has 0 unspecified atom stereocenters. The largest absolute Gasteiger partial charge is 0.416 e. The molecule has 1 aliphatic heterocycles. The van der Waals surface area contributed by atoms with Crippen molar-refractivity contribution in [2.45, 2.75) is 6.18 Å². The highest BCUT2D eigenvalue weighted by atomic mass is 19.4. The lowest BCUT2D eigenvalue weighted by atomic mass is 10.1. The molecule has 4 rings (SSSR count). The second kappa shape index (κ2) is 8.67. The van der Waals surface area contributed by atoms with Crippen LogP contribution in [0.4, 0.5) is 30.4 Å². The van der Waals surface area contributed by atoms with Crippen LogP contribution in [0.2, 0.25) is 0 Å². The summed E-state index contributed by atoms with van der Waals surface area (Å²) in [5.74, 6) is 0.719. The van der Waals surface area contributed by atoms with Crippen molar-refractivity contribution < 1.29 is 18.0 Å². The summed E-state index contributed by atoms with van der Waals surface area (Å²) < 4.78 is 39.0. The number of nitrogens with zero attached hydrogens (tertiary/aromatic N) is 3. The van der Waals surface area contributed by atoms with Crippen molar-refractivity contribution in [1.29, 1.82) is 0 Å². The lowest BCUT2D eigenvalue weighted by Gasteiger charge is -2.35. The normalized spacial score (nSPS) is 14.4. The molecule has 0 saturated carbocycles. The Morgan fingerprint density at radius 3 is 2.35 bits per heavy atom. The van der Waals surface area contributed by atoms with Crippen LogP contribution in [0, 0.1) is 0 Å². The van der Waals surface area contributed by atoms with Gasteiger partial charge in [0.05, 0.1) is 16.8 Å². The molecule has 1 aromatic heterocycles. The number of piperazine rings is 1. The van der Waals surface area contributed by atoms with Crippen LogP contribution in [0.25, 0.3) is 0 Å². The first-order chi connectivity index (χ1) is 14.9. The van der Waals surface area contributed by atoms with E-state index in [9.17, 15) is 18.0 Å². The molecule has 31 heavy (non-hydrogen) atoms. The van der Waals surface area contributed by atoms with E-state index in [1.807, 2.05) is 18.2 Å². The minimum Gasteiger partial charge on any atom is -0.355 e. The van der Waals surface area contributed by atoms with E-state index in [0.29, 0.717) is 37.4 Å². The Morgan fingerprint density at radius 1 is 0.903 bits per heavy atom. The molecule has 160 valence electrons. The molecular weight excluding hydrogens is 405 g/mol. The molecule has 3 aromatic rings. The van der Waals surface area contributed by atoms with Gasteiger partial charge < -0.3 is 15.1 Å². The summed E-state index contributed by atoms with van der Waals surface area (Å²) >= 11 is 0. The van der Waals surface area contributed by atoms with Crippen molar-refractivity contribution >= 4 is 23.1 Å². The van der Waals surface area contributed by atoms with Crippen LogP contribution in [0.3, 0.4) is 0 Å². The number of halogens is 3. The van der Waals surface area contributed by atoms with Crippen LogP contribution in [0.1, 0.15) is 15.9 Å². The number of carbonyl (C=O) groups excluding carboxylic acids is 1. The van der Waals surface area contributed by atoms with E-state index in [1.165, 1.54) is 6.07 Å². The van der Waals surface area contributed by atoms with Crippen molar-refractivity contribution in [3.8, 4) is 0 Å². The molecule has 0 aliphatic carbocycles. The molecule has 1 amide bonds. The molecule has 2 aromatic carbocycles. The quantitative estimate of drug-likeness (QED) is 0.651. The average Bonchev–Trinajstić information content (AvgIpc) is 2.79. The Hall–Kier alpha value is -3.55. The van der Waals surface area contributed by atoms with Gasteiger partial charge in [-0.15, -0.1) is 0 Å². The maximum atomic E-state index is 13.2. The van der Waals surface area contributed by atoms with E-state index < -0.39 is 11.7 Å². The van der Waals surface area contributed by atoms with Crippen molar-refractivity contribution in [3.05, 3.63) is 84.1 Å². The molecule has 1 saturated heterocycles. The van der Waals surface area contributed by atoms with Crippen LogP contribution in [0.5, 0.6) is 0 Å². The number of carbonyl (C=O) groups is 1. The first-order valence-corrected chi connectivity index (χ1v) is 9.90. The number of hydrogen-bond donors (Lipinski definition) is 1. The number of hydrogen-bond acceptors (Lipinski definition) is 4. The molecule has 0 spiro atoms. The van der Waals surface area contributed by atoms with Crippen LogP contribution in [0.15, 0.2) is 72.9 Å². The highest BCUT2D eigenvalue weighted by Gasteiger charge is 2.30. The van der Waals surface area contributed by atoms with Gasteiger partial charge in [-0.25, -0.2) is 4.98 Å². The molecular formula is C23H21F3N4O. The van der Waals surface area contributed by atoms with E-state index in [1.54, 1.807) is 41.4 Å². The maximum Gasteiger partial charge on any atom is 0.416 e.